The van der Waals surface area contributed by atoms with E-state index in [4.69, 9.17) is 4.74 Å². The molecule has 2 aliphatic carbocycles. The second-order valence-corrected chi connectivity index (χ2v) is 7.75. The van der Waals surface area contributed by atoms with Gasteiger partial charge in [-0.05, 0) is 49.7 Å². The van der Waals surface area contributed by atoms with Crippen molar-refractivity contribution >= 4 is 0 Å². The number of rotatable bonds is 10. The van der Waals surface area contributed by atoms with Crippen LogP contribution in [0.5, 0.6) is 0 Å². The van der Waals surface area contributed by atoms with Gasteiger partial charge in [-0.2, -0.15) is 0 Å². The van der Waals surface area contributed by atoms with Gasteiger partial charge in [-0.25, -0.2) is 0 Å². The monoisotopic (exact) mass is 318 g/mol. The van der Waals surface area contributed by atoms with Crippen molar-refractivity contribution in [3.8, 4) is 0 Å². The molecule has 0 saturated heterocycles. The van der Waals surface area contributed by atoms with Crippen LogP contribution in [-0.2, 0) is 4.74 Å². The van der Waals surface area contributed by atoms with E-state index in [2.05, 4.69) is 12.2 Å². The molecule has 0 aromatic heterocycles. The molecule has 0 bridgehead atoms. The Morgan fingerprint density at radius 2 is 1.04 bits per heavy atom. The zero-order chi connectivity index (χ0) is 16.0. The fourth-order valence-electron chi connectivity index (χ4n) is 4.29. The molecule has 2 rings (SSSR count). The first-order chi connectivity index (χ1) is 11.4. The third kappa shape index (κ3) is 9.23. The first-order valence-corrected chi connectivity index (χ1v) is 10.4. The summed E-state index contributed by atoms with van der Waals surface area (Å²) in [4.78, 5) is 0. The average Bonchev–Trinajstić information content (AvgIpc) is 2.61. The van der Waals surface area contributed by atoms with Crippen molar-refractivity contribution in [2.24, 2.45) is 11.8 Å². The second-order valence-electron chi connectivity index (χ2n) is 7.75. The summed E-state index contributed by atoms with van der Waals surface area (Å²) in [7, 11) is 0. The first-order valence-electron chi connectivity index (χ1n) is 10.4. The maximum atomic E-state index is 5.46. The van der Waals surface area contributed by atoms with E-state index in [1.807, 2.05) is 12.5 Å². The molecule has 0 N–H and O–H groups in total. The topological polar surface area (TPSA) is 9.23 Å². The Hall–Kier alpha value is -0.720. The summed E-state index contributed by atoms with van der Waals surface area (Å²) in [6.07, 6.45) is 30.7. The molecule has 2 fully saturated rings. The van der Waals surface area contributed by atoms with Crippen molar-refractivity contribution in [3.05, 3.63) is 24.7 Å². The maximum absolute atomic E-state index is 5.46. The Labute approximate surface area is 144 Å². The normalized spacial score (nSPS) is 21.4. The number of allylic oxidation sites excluding steroid dienone is 2. The van der Waals surface area contributed by atoms with E-state index >= 15 is 0 Å². The minimum absolute atomic E-state index is 1.02. The lowest BCUT2D eigenvalue weighted by Gasteiger charge is -2.20. The lowest BCUT2D eigenvalue weighted by atomic mass is 9.86. The molecular weight excluding hydrogens is 280 g/mol. The standard InChI is InChI=1S/C22H38O/c1-5-13-21(14-6-1)17-9-3-11-19-23-20-12-4-10-18-22-15-7-2-8-16-22/h11-12,19-22H,1-10,13-18H2. The highest BCUT2D eigenvalue weighted by molar-refractivity contribution is 4.80. The summed E-state index contributed by atoms with van der Waals surface area (Å²) >= 11 is 0. The number of hydrogen-bond donors (Lipinski definition) is 0. The molecule has 0 amide bonds. The van der Waals surface area contributed by atoms with Crippen LogP contribution in [0, 0.1) is 11.8 Å². The summed E-state index contributed by atoms with van der Waals surface area (Å²) in [6, 6.07) is 0. The largest absolute Gasteiger partial charge is 0.473 e. The molecule has 0 heterocycles. The number of unbranched alkanes of at least 4 members (excludes halogenated alkanes) is 2. The van der Waals surface area contributed by atoms with Gasteiger partial charge in [0.25, 0.3) is 0 Å². The summed E-state index contributed by atoms with van der Waals surface area (Å²) in [6.45, 7) is 0. The minimum Gasteiger partial charge on any atom is -0.473 e. The van der Waals surface area contributed by atoms with Gasteiger partial charge in [0.1, 0.15) is 0 Å². The molecule has 1 heteroatoms. The molecule has 0 aromatic rings. The molecule has 23 heavy (non-hydrogen) atoms. The van der Waals surface area contributed by atoms with Crippen LogP contribution in [0.15, 0.2) is 24.7 Å². The summed E-state index contributed by atoms with van der Waals surface area (Å²) < 4.78 is 5.46. The quantitative estimate of drug-likeness (QED) is 0.299. The van der Waals surface area contributed by atoms with E-state index in [9.17, 15) is 0 Å². The van der Waals surface area contributed by atoms with Gasteiger partial charge in [0.15, 0.2) is 0 Å². The lowest BCUT2D eigenvalue weighted by Crippen LogP contribution is -2.05. The number of ether oxygens (including phenoxy) is 1. The predicted octanol–water partition coefficient (Wildman–Crippen LogP) is 7.53. The molecule has 0 radical (unpaired) electrons. The van der Waals surface area contributed by atoms with E-state index in [0.717, 1.165) is 11.8 Å². The van der Waals surface area contributed by atoms with E-state index < -0.39 is 0 Å². The Balaban J connectivity index is 1.37. The SMILES string of the molecule is C(=COC=CCCCC1CCCCC1)CCCC1CCCCC1. The van der Waals surface area contributed by atoms with Crippen molar-refractivity contribution in [2.75, 3.05) is 0 Å². The van der Waals surface area contributed by atoms with Gasteiger partial charge in [0.2, 0.25) is 0 Å². The van der Waals surface area contributed by atoms with E-state index in [0.29, 0.717) is 0 Å². The van der Waals surface area contributed by atoms with Crippen LogP contribution in [-0.4, -0.2) is 0 Å². The van der Waals surface area contributed by atoms with Crippen molar-refractivity contribution in [1.82, 2.24) is 0 Å². The summed E-state index contributed by atoms with van der Waals surface area (Å²) in [5.74, 6) is 2.03. The molecule has 0 atom stereocenters. The van der Waals surface area contributed by atoms with Crippen LogP contribution < -0.4 is 0 Å². The predicted molar refractivity (Wildman–Crippen MR) is 100 cm³/mol. The van der Waals surface area contributed by atoms with Crippen molar-refractivity contribution in [3.63, 3.8) is 0 Å². The van der Waals surface area contributed by atoms with Crippen LogP contribution in [0.2, 0.25) is 0 Å². The van der Waals surface area contributed by atoms with Crippen LogP contribution in [0.25, 0.3) is 0 Å². The second kappa shape index (κ2) is 12.7. The average molecular weight is 319 g/mol. The molecule has 2 saturated carbocycles. The highest BCUT2D eigenvalue weighted by Gasteiger charge is 2.12. The Bertz CT molecular complexity index is 287. The fraction of sp³-hybridized carbons (Fsp3) is 0.818. The highest BCUT2D eigenvalue weighted by Crippen LogP contribution is 2.28. The van der Waals surface area contributed by atoms with Gasteiger partial charge < -0.3 is 4.74 Å². The van der Waals surface area contributed by atoms with Crippen LogP contribution >= 0.6 is 0 Å². The summed E-state index contributed by atoms with van der Waals surface area (Å²) in [5, 5.41) is 0. The van der Waals surface area contributed by atoms with Crippen molar-refractivity contribution < 1.29 is 4.74 Å². The Morgan fingerprint density at radius 1 is 0.609 bits per heavy atom. The number of hydrogen-bond acceptors (Lipinski definition) is 1. The summed E-state index contributed by atoms with van der Waals surface area (Å²) in [5.41, 5.74) is 0. The van der Waals surface area contributed by atoms with Gasteiger partial charge >= 0.3 is 0 Å². The third-order valence-corrected chi connectivity index (χ3v) is 5.77. The molecule has 1 nitrogen and oxygen atoms in total. The molecular formula is C22H38O. The highest BCUT2D eigenvalue weighted by atomic mass is 16.5. The van der Waals surface area contributed by atoms with Crippen molar-refractivity contribution in [1.29, 1.82) is 0 Å². The molecule has 132 valence electrons. The zero-order valence-electron chi connectivity index (χ0n) is 15.2. The van der Waals surface area contributed by atoms with E-state index in [-0.39, 0.29) is 0 Å². The third-order valence-electron chi connectivity index (χ3n) is 5.77. The molecule has 0 aromatic carbocycles. The van der Waals surface area contributed by atoms with Crippen LogP contribution in [0.4, 0.5) is 0 Å². The van der Waals surface area contributed by atoms with Crippen LogP contribution in [0.3, 0.4) is 0 Å². The first kappa shape index (κ1) is 18.6. The molecule has 2 aliphatic rings. The van der Waals surface area contributed by atoms with Crippen LogP contribution in [0.1, 0.15) is 103 Å². The van der Waals surface area contributed by atoms with Gasteiger partial charge in [-0.15, -0.1) is 0 Å². The van der Waals surface area contributed by atoms with Gasteiger partial charge in [-0.3, -0.25) is 0 Å². The smallest absolute Gasteiger partial charge is 0.0861 e. The Kier molecular flexibility index (Phi) is 10.3. The lowest BCUT2D eigenvalue weighted by molar-refractivity contribution is 0.331. The maximum Gasteiger partial charge on any atom is 0.0861 e. The van der Waals surface area contributed by atoms with Gasteiger partial charge in [0.05, 0.1) is 12.5 Å². The molecule has 0 spiro atoms. The minimum atomic E-state index is 1.02. The fourth-order valence-corrected chi connectivity index (χ4v) is 4.29. The molecule has 0 aliphatic heterocycles. The zero-order valence-corrected chi connectivity index (χ0v) is 15.2. The Morgan fingerprint density at radius 3 is 1.48 bits per heavy atom. The molecule has 0 unspecified atom stereocenters. The van der Waals surface area contributed by atoms with Crippen molar-refractivity contribution in [2.45, 2.75) is 103 Å². The van der Waals surface area contributed by atoms with E-state index in [1.54, 1.807) is 0 Å². The van der Waals surface area contributed by atoms with E-state index in [1.165, 1.54) is 103 Å². The van der Waals surface area contributed by atoms with Gasteiger partial charge in [-0.1, -0.05) is 77.0 Å². The van der Waals surface area contributed by atoms with Gasteiger partial charge in [0, 0.05) is 0 Å².